The number of nitrogens with zero attached hydrogens (tertiary/aromatic N) is 1. The second kappa shape index (κ2) is 8.14. The van der Waals surface area contributed by atoms with Crippen LogP contribution in [0.4, 0.5) is 0 Å². The third kappa shape index (κ3) is 3.64. The zero-order chi connectivity index (χ0) is 22.2. The van der Waals surface area contributed by atoms with Crippen molar-refractivity contribution in [2.75, 3.05) is 6.61 Å². The van der Waals surface area contributed by atoms with Crippen LogP contribution < -0.4 is 4.74 Å². The molecule has 4 heteroatoms. The van der Waals surface area contributed by atoms with E-state index >= 15 is 0 Å². The topological polar surface area (TPSA) is 45.3 Å². The zero-order valence-electron chi connectivity index (χ0n) is 18.2. The summed E-state index contributed by atoms with van der Waals surface area (Å²) in [6.07, 6.45) is 2.70. The number of hydrogen-bond donors (Lipinski definition) is 1. The van der Waals surface area contributed by atoms with E-state index in [9.17, 15) is 4.79 Å². The molecule has 1 atom stereocenters. The van der Waals surface area contributed by atoms with Gasteiger partial charge in [0.25, 0.3) is 5.91 Å². The van der Waals surface area contributed by atoms with Gasteiger partial charge in [-0.05, 0) is 58.7 Å². The summed E-state index contributed by atoms with van der Waals surface area (Å²) >= 11 is 0. The molecule has 0 aliphatic carbocycles. The van der Waals surface area contributed by atoms with Gasteiger partial charge in [0.1, 0.15) is 12.4 Å². The van der Waals surface area contributed by atoms with Gasteiger partial charge in [0, 0.05) is 29.2 Å². The molecule has 162 valence electrons. The number of amides is 1. The van der Waals surface area contributed by atoms with Gasteiger partial charge in [-0.15, -0.1) is 0 Å². The fourth-order valence-corrected chi connectivity index (χ4v) is 4.85. The fraction of sp³-hybridized carbons (Fsp3) is 0.138. The molecule has 6 rings (SSSR count). The third-order valence-corrected chi connectivity index (χ3v) is 6.60. The van der Waals surface area contributed by atoms with E-state index in [0.717, 1.165) is 39.4 Å². The number of benzene rings is 4. The first-order valence-corrected chi connectivity index (χ1v) is 11.3. The Labute approximate surface area is 192 Å². The van der Waals surface area contributed by atoms with E-state index in [1.165, 1.54) is 11.1 Å². The van der Waals surface area contributed by atoms with Crippen molar-refractivity contribution < 1.29 is 9.53 Å². The number of carbonyl (C=O) groups is 1. The van der Waals surface area contributed by atoms with Crippen LogP contribution in [-0.2, 0) is 13.0 Å². The van der Waals surface area contributed by atoms with Crippen molar-refractivity contribution in [1.29, 1.82) is 0 Å². The average Bonchev–Trinajstić information content (AvgIpc) is 3.34. The predicted molar refractivity (Wildman–Crippen MR) is 132 cm³/mol. The van der Waals surface area contributed by atoms with E-state index < -0.39 is 0 Å². The minimum atomic E-state index is -0.0479. The molecule has 1 N–H and O–H groups in total. The molecule has 1 unspecified atom stereocenters. The second-order valence-electron chi connectivity index (χ2n) is 8.62. The molecule has 0 radical (unpaired) electrons. The first-order chi connectivity index (χ1) is 16.3. The van der Waals surface area contributed by atoms with Crippen molar-refractivity contribution in [2.45, 2.75) is 19.0 Å². The minimum Gasteiger partial charge on any atom is -0.491 e. The Balaban J connectivity index is 1.32. The van der Waals surface area contributed by atoms with Crippen molar-refractivity contribution in [3.8, 4) is 5.75 Å². The fourth-order valence-electron chi connectivity index (χ4n) is 4.85. The minimum absolute atomic E-state index is 0.0479. The lowest BCUT2D eigenvalue weighted by atomic mass is 9.93. The molecule has 5 aromatic rings. The van der Waals surface area contributed by atoms with Crippen LogP contribution in [0, 0.1) is 0 Å². The van der Waals surface area contributed by atoms with Crippen LogP contribution in [0.25, 0.3) is 21.7 Å². The van der Waals surface area contributed by atoms with Gasteiger partial charge >= 0.3 is 0 Å². The summed E-state index contributed by atoms with van der Waals surface area (Å²) in [7, 11) is 0. The van der Waals surface area contributed by atoms with E-state index in [1.807, 2.05) is 71.8 Å². The Morgan fingerprint density at radius 3 is 2.64 bits per heavy atom. The smallest absolute Gasteiger partial charge is 0.255 e. The van der Waals surface area contributed by atoms with E-state index in [2.05, 4.69) is 35.3 Å². The molecule has 1 aliphatic rings. The van der Waals surface area contributed by atoms with Crippen molar-refractivity contribution >= 4 is 27.6 Å². The van der Waals surface area contributed by atoms with Gasteiger partial charge in [-0.1, -0.05) is 60.7 Å². The Kier molecular flexibility index (Phi) is 4.84. The molecule has 1 amide bonds. The van der Waals surface area contributed by atoms with Crippen LogP contribution in [0.1, 0.15) is 21.5 Å². The lowest BCUT2D eigenvalue weighted by Gasteiger charge is -2.37. The molecule has 1 aliphatic heterocycles. The second-order valence-corrected chi connectivity index (χ2v) is 8.62. The lowest BCUT2D eigenvalue weighted by Crippen LogP contribution is -2.47. The SMILES string of the molecule is O=C(c1cccc2ccccc12)N1Cc2ccccc2CC1COc1ccc2[nH]ccc2c1. The van der Waals surface area contributed by atoms with Crippen molar-refractivity contribution in [3.05, 3.63) is 114 Å². The average molecular weight is 433 g/mol. The third-order valence-electron chi connectivity index (χ3n) is 6.60. The van der Waals surface area contributed by atoms with Crippen LogP contribution in [0.3, 0.4) is 0 Å². The zero-order valence-corrected chi connectivity index (χ0v) is 18.2. The highest BCUT2D eigenvalue weighted by Crippen LogP contribution is 2.28. The number of aromatic amines is 1. The molecule has 0 saturated heterocycles. The Hall–Kier alpha value is -4.05. The molecule has 0 saturated carbocycles. The Morgan fingerprint density at radius 2 is 1.70 bits per heavy atom. The predicted octanol–water partition coefficient (Wildman–Crippen LogP) is 5.97. The van der Waals surface area contributed by atoms with Gasteiger partial charge < -0.3 is 14.6 Å². The lowest BCUT2D eigenvalue weighted by molar-refractivity contribution is 0.0568. The van der Waals surface area contributed by atoms with Gasteiger partial charge in [-0.2, -0.15) is 0 Å². The maximum absolute atomic E-state index is 13.9. The number of hydrogen-bond acceptors (Lipinski definition) is 2. The first-order valence-electron chi connectivity index (χ1n) is 11.3. The number of rotatable bonds is 4. The van der Waals surface area contributed by atoms with Crippen LogP contribution in [0.15, 0.2) is 97.2 Å². The maximum atomic E-state index is 13.9. The van der Waals surface area contributed by atoms with Crippen LogP contribution in [0.2, 0.25) is 0 Å². The number of ether oxygens (including phenoxy) is 1. The number of aromatic nitrogens is 1. The van der Waals surface area contributed by atoms with E-state index in [0.29, 0.717) is 13.2 Å². The maximum Gasteiger partial charge on any atom is 0.255 e. The standard InChI is InChI=1S/C29H24N2O2/c32-29(27-11-5-9-20-6-3-4-10-26(20)27)31-18-23-8-2-1-7-21(23)16-24(31)19-33-25-12-13-28-22(17-25)14-15-30-28/h1-15,17,24,30H,16,18-19H2. The molecule has 0 fully saturated rings. The molecular formula is C29H24N2O2. The number of H-pyrrole nitrogens is 1. The molecule has 4 aromatic carbocycles. The number of nitrogens with one attached hydrogen (secondary N) is 1. The summed E-state index contributed by atoms with van der Waals surface area (Å²) in [5.74, 6) is 0.870. The van der Waals surface area contributed by atoms with Gasteiger partial charge in [0.05, 0.1) is 6.04 Å². The largest absolute Gasteiger partial charge is 0.491 e. The molecule has 0 bridgehead atoms. The van der Waals surface area contributed by atoms with Crippen LogP contribution >= 0.6 is 0 Å². The van der Waals surface area contributed by atoms with Crippen LogP contribution in [0.5, 0.6) is 5.75 Å². The molecule has 4 nitrogen and oxygen atoms in total. The number of fused-ring (bicyclic) bond motifs is 3. The molecule has 2 heterocycles. The van der Waals surface area contributed by atoms with Crippen molar-refractivity contribution in [2.24, 2.45) is 0 Å². The summed E-state index contributed by atoms with van der Waals surface area (Å²) in [4.78, 5) is 19.0. The highest BCUT2D eigenvalue weighted by molar-refractivity contribution is 6.07. The summed E-state index contributed by atoms with van der Waals surface area (Å²) in [5, 5.41) is 3.18. The summed E-state index contributed by atoms with van der Waals surface area (Å²) < 4.78 is 6.23. The van der Waals surface area contributed by atoms with E-state index in [4.69, 9.17) is 4.74 Å². The van der Waals surface area contributed by atoms with Gasteiger partial charge in [0.15, 0.2) is 0 Å². The van der Waals surface area contributed by atoms with Crippen LogP contribution in [-0.4, -0.2) is 28.4 Å². The quantitative estimate of drug-likeness (QED) is 0.380. The van der Waals surface area contributed by atoms with Crippen molar-refractivity contribution in [3.63, 3.8) is 0 Å². The molecule has 0 spiro atoms. The van der Waals surface area contributed by atoms with E-state index in [1.54, 1.807) is 0 Å². The van der Waals surface area contributed by atoms with Gasteiger partial charge in [0.2, 0.25) is 0 Å². The Morgan fingerprint density at radius 1 is 0.879 bits per heavy atom. The van der Waals surface area contributed by atoms with Crippen molar-refractivity contribution in [1.82, 2.24) is 9.88 Å². The summed E-state index contributed by atoms with van der Waals surface area (Å²) in [5.41, 5.74) is 4.32. The van der Waals surface area contributed by atoms with E-state index in [-0.39, 0.29) is 11.9 Å². The monoisotopic (exact) mass is 432 g/mol. The summed E-state index contributed by atoms with van der Waals surface area (Å²) in [6, 6.07) is 30.4. The Bertz CT molecular complexity index is 1460. The molecule has 33 heavy (non-hydrogen) atoms. The molecule has 1 aromatic heterocycles. The molecular weight excluding hydrogens is 408 g/mol. The van der Waals surface area contributed by atoms with Gasteiger partial charge in [-0.25, -0.2) is 0 Å². The normalized spacial score (nSPS) is 15.5. The van der Waals surface area contributed by atoms with Gasteiger partial charge in [-0.3, -0.25) is 4.79 Å². The highest BCUT2D eigenvalue weighted by atomic mass is 16.5. The first kappa shape index (κ1) is 19.6. The number of carbonyl (C=O) groups excluding carboxylic acids is 1. The summed E-state index contributed by atoms with van der Waals surface area (Å²) in [6.45, 7) is 1.03. The highest BCUT2D eigenvalue weighted by Gasteiger charge is 2.31.